The molecule has 0 aliphatic carbocycles. The van der Waals surface area contributed by atoms with Crippen molar-refractivity contribution in [1.82, 2.24) is 10.6 Å². The lowest BCUT2D eigenvalue weighted by Gasteiger charge is -2.04. The van der Waals surface area contributed by atoms with E-state index in [4.69, 9.17) is 11.5 Å². The van der Waals surface area contributed by atoms with Crippen LogP contribution in [0.5, 0.6) is 0 Å². The van der Waals surface area contributed by atoms with Crippen molar-refractivity contribution in [1.29, 1.82) is 0 Å². The normalized spacial score (nSPS) is 8.40. The monoisotopic (exact) mass is 178 g/mol. The molecule has 0 amide bonds. The molecule has 0 unspecified atom stereocenters. The molecule has 0 heterocycles. The molecule has 0 bridgehead atoms. The fourth-order valence-corrected chi connectivity index (χ4v) is 0.576. The molecule has 0 rings (SSSR count). The van der Waals surface area contributed by atoms with Gasteiger partial charge in [-0.25, -0.2) is 0 Å². The number of nitrogens with two attached hydrogens (primary N) is 2. The van der Waals surface area contributed by atoms with Gasteiger partial charge in [-0.2, -0.15) is 0 Å². The highest BCUT2D eigenvalue weighted by atomic mass is 32.1. The number of rotatable bonds is 3. The molecule has 0 saturated heterocycles. The number of thiocarbonyl (C=S) groups is 2. The van der Waals surface area contributed by atoms with Crippen molar-refractivity contribution in [2.75, 3.05) is 13.1 Å². The summed E-state index contributed by atoms with van der Waals surface area (Å²) < 4.78 is 0. The summed E-state index contributed by atoms with van der Waals surface area (Å²) in [6.45, 7) is 1.26. The van der Waals surface area contributed by atoms with Gasteiger partial charge in [0.25, 0.3) is 0 Å². The zero-order valence-electron chi connectivity index (χ0n) is 5.39. The SMILES string of the molecule is NC(=S)NCCNC(N)=S. The summed E-state index contributed by atoms with van der Waals surface area (Å²) in [5, 5.41) is 6.03. The van der Waals surface area contributed by atoms with Crippen molar-refractivity contribution >= 4 is 34.7 Å². The van der Waals surface area contributed by atoms with Crippen LogP contribution in [0.25, 0.3) is 0 Å². The minimum atomic E-state index is 0.282. The fourth-order valence-electron chi connectivity index (χ4n) is 0.371. The van der Waals surface area contributed by atoms with Gasteiger partial charge in [-0.3, -0.25) is 0 Å². The van der Waals surface area contributed by atoms with Gasteiger partial charge in [-0.05, 0) is 24.4 Å². The lowest BCUT2D eigenvalue weighted by molar-refractivity contribution is 0.816. The molecule has 0 radical (unpaired) electrons. The average Bonchev–Trinajstić information content (AvgIpc) is 1.79. The highest BCUT2D eigenvalue weighted by Gasteiger charge is 1.87. The number of hydrogen-bond donors (Lipinski definition) is 4. The smallest absolute Gasteiger partial charge is 0.163 e. The largest absolute Gasteiger partial charge is 0.376 e. The van der Waals surface area contributed by atoms with Gasteiger partial charge in [-0.15, -0.1) is 0 Å². The molecule has 58 valence electrons. The first-order chi connectivity index (χ1) is 4.63. The second kappa shape index (κ2) is 5.19. The molecule has 0 atom stereocenters. The highest BCUT2D eigenvalue weighted by molar-refractivity contribution is 7.80. The second-order valence-corrected chi connectivity index (χ2v) is 2.46. The summed E-state index contributed by atoms with van der Waals surface area (Å²) in [6.07, 6.45) is 0. The van der Waals surface area contributed by atoms with Gasteiger partial charge in [0.1, 0.15) is 0 Å². The van der Waals surface area contributed by atoms with Crippen LogP contribution in [0.4, 0.5) is 0 Å². The van der Waals surface area contributed by atoms with Gasteiger partial charge < -0.3 is 22.1 Å². The Labute approximate surface area is 70.3 Å². The summed E-state index contributed by atoms with van der Waals surface area (Å²) >= 11 is 9.10. The zero-order chi connectivity index (χ0) is 7.98. The quantitative estimate of drug-likeness (QED) is 0.316. The summed E-state index contributed by atoms with van der Waals surface area (Å²) in [4.78, 5) is 0. The molecule has 0 fully saturated rings. The predicted molar refractivity (Wildman–Crippen MR) is 49.6 cm³/mol. The fraction of sp³-hybridized carbons (Fsp3) is 0.500. The van der Waals surface area contributed by atoms with E-state index in [1.54, 1.807) is 0 Å². The maximum atomic E-state index is 5.14. The van der Waals surface area contributed by atoms with Gasteiger partial charge in [0.2, 0.25) is 0 Å². The van der Waals surface area contributed by atoms with Gasteiger partial charge in [0.05, 0.1) is 0 Å². The van der Waals surface area contributed by atoms with Gasteiger partial charge in [0, 0.05) is 13.1 Å². The van der Waals surface area contributed by atoms with Crippen LogP contribution in [0.3, 0.4) is 0 Å². The van der Waals surface area contributed by atoms with Gasteiger partial charge in [-0.1, -0.05) is 0 Å². The van der Waals surface area contributed by atoms with Crippen molar-refractivity contribution in [3.05, 3.63) is 0 Å². The average molecular weight is 178 g/mol. The molecule has 10 heavy (non-hydrogen) atoms. The highest BCUT2D eigenvalue weighted by Crippen LogP contribution is 1.60. The Morgan fingerprint density at radius 3 is 1.50 bits per heavy atom. The molecular formula is C4H10N4S2. The third-order valence-corrected chi connectivity index (χ3v) is 1.01. The topological polar surface area (TPSA) is 76.1 Å². The van der Waals surface area contributed by atoms with E-state index < -0.39 is 0 Å². The Kier molecular flexibility index (Phi) is 4.87. The molecule has 6 N–H and O–H groups in total. The van der Waals surface area contributed by atoms with Gasteiger partial charge >= 0.3 is 0 Å². The van der Waals surface area contributed by atoms with Crippen molar-refractivity contribution in [2.24, 2.45) is 11.5 Å². The zero-order valence-corrected chi connectivity index (χ0v) is 7.02. The molecular weight excluding hydrogens is 168 g/mol. The first-order valence-electron chi connectivity index (χ1n) is 2.69. The van der Waals surface area contributed by atoms with E-state index in [1.165, 1.54) is 0 Å². The summed E-state index contributed by atoms with van der Waals surface area (Å²) in [5.41, 5.74) is 10.3. The maximum Gasteiger partial charge on any atom is 0.163 e. The Morgan fingerprint density at radius 2 is 1.30 bits per heavy atom. The van der Waals surface area contributed by atoms with E-state index in [0.29, 0.717) is 13.1 Å². The van der Waals surface area contributed by atoms with E-state index in [-0.39, 0.29) is 10.2 Å². The molecule has 0 spiro atoms. The van der Waals surface area contributed by atoms with Crippen molar-refractivity contribution in [3.8, 4) is 0 Å². The molecule has 0 aromatic heterocycles. The molecule has 0 saturated carbocycles. The Morgan fingerprint density at radius 1 is 1.00 bits per heavy atom. The predicted octanol–water partition coefficient (Wildman–Crippen LogP) is -1.35. The molecule has 0 aromatic rings. The molecule has 6 heteroatoms. The van der Waals surface area contributed by atoms with Crippen molar-refractivity contribution in [2.45, 2.75) is 0 Å². The molecule has 0 aromatic carbocycles. The minimum Gasteiger partial charge on any atom is -0.376 e. The van der Waals surface area contributed by atoms with Crippen LogP contribution < -0.4 is 22.1 Å². The van der Waals surface area contributed by atoms with E-state index in [2.05, 4.69) is 35.1 Å². The standard InChI is InChI=1S/C4H10N4S2/c5-3(9)7-1-2-8-4(6)10/h1-2H2,(H3,5,7,9)(H3,6,8,10). The summed E-state index contributed by atoms with van der Waals surface area (Å²) in [5.74, 6) is 0. The van der Waals surface area contributed by atoms with Crippen molar-refractivity contribution in [3.63, 3.8) is 0 Å². The van der Waals surface area contributed by atoms with Gasteiger partial charge in [0.15, 0.2) is 10.2 Å². The first-order valence-corrected chi connectivity index (χ1v) is 3.51. The minimum absolute atomic E-state index is 0.282. The summed E-state index contributed by atoms with van der Waals surface area (Å²) in [7, 11) is 0. The van der Waals surface area contributed by atoms with E-state index in [0.717, 1.165) is 0 Å². The van der Waals surface area contributed by atoms with Crippen LogP contribution in [0.1, 0.15) is 0 Å². The van der Waals surface area contributed by atoms with E-state index in [1.807, 2.05) is 0 Å². The first kappa shape index (κ1) is 9.38. The van der Waals surface area contributed by atoms with Crippen LogP contribution in [-0.2, 0) is 0 Å². The second-order valence-electron chi connectivity index (χ2n) is 1.58. The Bertz CT molecular complexity index is 119. The van der Waals surface area contributed by atoms with Crippen LogP contribution in [-0.4, -0.2) is 23.3 Å². The van der Waals surface area contributed by atoms with Crippen LogP contribution >= 0.6 is 24.4 Å². The molecule has 0 aliphatic rings. The Balaban J connectivity index is 3.06. The molecule has 0 aliphatic heterocycles. The number of hydrogen-bond acceptors (Lipinski definition) is 2. The maximum absolute atomic E-state index is 5.14. The van der Waals surface area contributed by atoms with Crippen LogP contribution in [0, 0.1) is 0 Å². The van der Waals surface area contributed by atoms with Crippen LogP contribution in [0.15, 0.2) is 0 Å². The summed E-state index contributed by atoms with van der Waals surface area (Å²) in [6, 6.07) is 0. The van der Waals surface area contributed by atoms with Crippen molar-refractivity contribution < 1.29 is 0 Å². The molecule has 4 nitrogen and oxygen atoms in total. The number of nitrogens with one attached hydrogen (secondary N) is 2. The Hall–Kier alpha value is -0.620. The van der Waals surface area contributed by atoms with E-state index >= 15 is 0 Å². The third-order valence-electron chi connectivity index (χ3n) is 0.723. The lowest BCUT2D eigenvalue weighted by Crippen LogP contribution is -2.38. The van der Waals surface area contributed by atoms with Crippen LogP contribution in [0.2, 0.25) is 0 Å². The lowest BCUT2D eigenvalue weighted by atomic mass is 10.6. The third kappa shape index (κ3) is 7.38. The van der Waals surface area contributed by atoms with E-state index in [9.17, 15) is 0 Å².